The molecule has 33 heavy (non-hydrogen) atoms. The highest BCUT2D eigenvalue weighted by Crippen LogP contribution is 2.40. The number of halogens is 3. The lowest BCUT2D eigenvalue weighted by Crippen LogP contribution is -2.32. The van der Waals surface area contributed by atoms with Crippen LogP contribution in [-0.4, -0.2) is 33.1 Å². The molecule has 1 unspecified atom stereocenters. The zero-order chi connectivity index (χ0) is 23.9. The van der Waals surface area contributed by atoms with Crippen molar-refractivity contribution in [2.45, 2.75) is 32.7 Å². The van der Waals surface area contributed by atoms with Crippen molar-refractivity contribution < 1.29 is 27.5 Å². The Balaban J connectivity index is 2.07. The maximum Gasteiger partial charge on any atom is 0.418 e. The monoisotopic (exact) mass is 459 g/mol. The first-order valence-electron chi connectivity index (χ1n) is 9.95. The van der Waals surface area contributed by atoms with Gasteiger partial charge in [0, 0.05) is 17.1 Å². The molecule has 3 heterocycles. The molecule has 7 nitrogen and oxygen atoms in total. The summed E-state index contributed by atoms with van der Waals surface area (Å²) in [5.74, 6) is 0.189. The van der Waals surface area contributed by atoms with Gasteiger partial charge in [-0.2, -0.15) is 13.2 Å². The van der Waals surface area contributed by atoms with Gasteiger partial charge in [0.1, 0.15) is 11.5 Å². The van der Waals surface area contributed by atoms with Gasteiger partial charge >= 0.3 is 6.18 Å². The van der Waals surface area contributed by atoms with Gasteiger partial charge in [0.05, 0.1) is 36.1 Å². The van der Waals surface area contributed by atoms with Gasteiger partial charge in [-0.1, -0.05) is 17.3 Å². The van der Waals surface area contributed by atoms with Crippen LogP contribution in [0.15, 0.2) is 51.9 Å². The summed E-state index contributed by atoms with van der Waals surface area (Å²) in [6.45, 7) is 3.37. The summed E-state index contributed by atoms with van der Waals surface area (Å²) in [5, 5.41) is 14.2. The number of pyridine rings is 2. The topological polar surface area (TPSA) is 90.4 Å². The van der Waals surface area contributed by atoms with E-state index in [2.05, 4.69) is 10.1 Å². The van der Waals surface area contributed by atoms with Gasteiger partial charge in [-0.15, -0.1) is 0 Å². The van der Waals surface area contributed by atoms with E-state index in [9.17, 15) is 23.1 Å². The van der Waals surface area contributed by atoms with E-state index in [0.29, 0.717) is 33.8 Å². The van der Waals surface area contributed by atoms with Crippen LogP contribution in [-0.2, 0) is 6.54 Å². The number of aryl methyl sites for hydroxylation is 2. The van der Waals surface area contributed by atoms with E-state index in [1.807, 2.05) is 0 Å². The SMILES string of the molecule is COc1c(C(O)C(F)(F)F)c(=O)n(Cc2ccccn2)c2ccc(-c3c(C)noc3C)cc12. The lowest BCUT2D eigenvalue weighted by atomic mass is 9.99. The van der Waals surface area contributed by atoms with E-state index in [1.54, 1.807) is 50.2 Å². The van der Waals surface area contributed by atoms with Gasteiger partial charge < -0.3 is 18.9 Å². The number of nitrogens with zero attached hydrogens (tertiary/aromatic N) is 3. The zero-order valence-electron chi connectivity index (χ0n) is 18.0. The number of fused-ring (bicyclic) bond motifs is 1. The van der Waals surface area contributed by atoms with E-state index in [-0.39, 0.29) is 17.7 Å². The fraction of sp³-hybridized carbons (Fsp3) is 0.261. The highest BCUT2D eigenvalue weighted by Gasteiger charge is 2.43. The minimum absolute atomic E-state index is 0.0948. The Morgan fingerprint density at radius 3 is 2.55 bits per heavy atom. The number of hydrogen-bond acceptors (Lipinski definition) is 6. The molecule has 0 aliphatic rings. The summed E-state index contributed by atoms with van der Waals surface area (Å²) in [7, 11) is 1.16. The molecule has 0 aliphatic heterocycles. The number of aromatic nitrogens is 3. The van der Waals surface area contributed by atoms with Crippen molar-refractivity contribution in [1.82, 2.24) is 14.7 Å². The van der Waals surface area contributed by atoms with Crippen LogP contribution in [0.5, 0.6) is 5.75 Å². The molecule has 1 aromatic carbocycles. The molecular weight excluding hydrogens is 439 g/mol. The lowest BCUT2D eigenvalue weighted by molar-refractivity contribution is -0.207. The molecule has 0 saturated heterocycles. The summed E-state index contributed by atoms with van der Waals surface area (Å²) in [6.07, 6.45) is -6.57. The summed E-state index contributed by atoms with van der Waals surface area (Å²) in [5.41, 5.74) is 0.795. The van der Waals surface area contributed by atoms with Gasteiger partial charge in [-0.3, -0.25) is 9.78 Å². The first-order valence-corrected chi connectivity index (χ1v) is 9.95. The molecule has 4 aromatic rings. The Hall–Kier alpha value is -3.66. The number of benzene rings is 1. The van der Waals surface area contributed by atoms with Gasteiger partial charge in [0.25, 0.3) is 5.56 Å². The molecule has 0 spiro atoms. The summed E-state index contributed by atoms with van der Waals surface area (Å²) in [4.78, 5) is 17.4. The Labute approximate surface area is 186 Å². The third kappa shape index (κ3) is 3.97. The van der Waals surface area contributed by atoms with Gasteiger partial charge in [-0.05, 0) is 43.7 Å². The molecule has 10 heteroatoms. The van der Waals surface area contributed by atoms with Crippen molar-refractivity contribution in [2.24, 2.45) is 0 Å². The maximum absolute atomic E-state index is 13.5. The van der Waals surface area contributed by atoms with Crippen LogP contribution in [0.25, 0.3) is 22.0 Å². The van der Waals surface area contributed by atoms with E-state index < -0.39 is 23.4 Å². The average molecular weight is 459 g/mol. The van der Waals surface area contributed by atoms with E-state index >= 15 is 0 Å². The highest BCUT2D eigenvalue weighted by molar-refractivity contribution is 5.91. The van der Waals surface area contributed by atoms with Crippen molar-refractivity contribution in [2.75, 3.05) is 7.11 Å². The Kier molecular flexibility index (Phi) is 5.71. The molecule has 1 N–H and O–H groups in total. The quantitative estimate of drug-likeness (QED) is 0.478. The van der Waals surface area contributed by atoms with Crippen LogP contribution in [0.1, 0.15) is 28.8 Å². The van der Waals surface area contributed by atoms with Crippen LogP contribution in [0.4, 0.5) is 13.2 Å². The number of alkyl halides is 3. The minimum atomic E-state index is -5.07. The largest absolute Gasteiger partial charge is 0.495 e. The minimum Gasteiger partial charge on any atom is -0.495 e. The maximum atomic E-state index is 13.5. The number of methoxy groups -OCH3 is 1. The van der Waals surface area contributed by atoms with E-state index in [1.165, 1.54) is 6.20 Å². The Morgan fingerprint density at radius 1 is 1.21 bits per heavy atom. The average Bonchev–Trinajstić information content (AvgIpc) is 3.12. The third-order valence-corrected chi connectivity index (χ3v) is 5.41. The second kappa shape index (κ2) is 8.36. The molecule has 4 rings (SSSR count). The van der Waals surface area contributed by atoms with Crippen LogP contribution in [0.2, 0.25) is 0 Å². The zero-order valence-corrected chi connectivity index (χ0v) is 18.0. The molecule has 3 aromatic heterocycles. The normalized spacial score (nSPS) is 12.8. The number of aliphatic hydroxyl groups excluding tert-OH is 1. The molecule has 172 valence electrons. The first kappa shape index (κ1) is 22.5. The number of aliphatic hydroxyl groups is 1. The summed E-state index contributed by atoms with van der Waals surface area (Å²) >= 11 is 0. The van der Waals surface area contributed by atoms with Crippen LogP contribution in [0.3, 0.4) is 0 Å². The second-order valence-electron chi connectivity index (χ2n) is 7.53. The van der Waals surface area contributed by atoms with Crippen molar-refractivity contribution in [3.05, 3.63) is 75.7 Å². The van der Waals surface area contributed by atoms with Gasteiger partial charge in [-0.25, -0.2) is 0 Å². The molecule has 0 amide bonds. The highest BCUT2D eigenvalue weighted by atomic mass is 19.4. The summed E-state index contributed by atoms with van der Waals surface area (Å²) < 4.78 is 52.2. The predicted octanol–water partition coefficient (Wildman–Crippen LogP) is 4.32. The molecule has 0 saturated carbocycles. The van der Waals surface area contributed by atoms with Crippen molar-refractivity contribution >= 4 is 10.9 Å². The lowest BCUT2D eigenvalue weighted by Gasteiger charge is -2.21. The van der Waals surface area contributed by atoms with Crippen molar-refractivity contribution in [3.8, 4) is 16.9 Å². The fourth-order valence-corrected chi connectivity index (χ4v) is 3.94. The molecule has 1 atom stereocenters. The van der Waals surface area contributed by atoms with E-state index in [4.69, 9.17) is 9.26 Å². The number of rotatable bonds is 5. The van der Waals surface area contributed by atoms with Crippen LogP contribution >= 0.6 is 0 Å². The summed E-state index contributed by atoms with van der Waals surface area (Å²) in [6, 6.07) is 9.99. The first-order chi connectivity index (χ1) is 15.6. The van der Waals surface area contributed by atoms with Crippen LogP contribution < -0.4 is 10.3 Å². The molecular formula is C23H20F3N3O4. The Bertz CT molecular complexity index is 1360. The smallest absolute Gasteiger partial charge is 0.418 e. The second-order valence-corrected chi connectivity index (χ2v) is 7.53. The van der Waals surface area contributed by atoms with Gasteiger partial charge in [0.2, 0.25) is 0 Å². The molecule has 0 bridgehead atoms. The third-order valence-electron chi connectivity index (χ3n) is 5.41. The standard InChI is InChI=1S/C23H20F3N3O4/c1-12-18(13(2)33-28-12)14-7-8-17-16(10-14)20(32-3)19(21(30)23(24,25)26)22(31)29(17)11-15-6-4-5-9-27-15/h4-10,21,30H,11H2,1-3H3. The number of ether oxygens (including phenoxy) is 1. The molecule has 0 aliphatic carbocycles. The Morgan fingerprint density at radius 2 is 1.97 bits per heavy atom. The fourth-order valence-electron chi connectivity index (χ4n) is 3.94. The molecule has 0 fully saturated rings. The predicted molar refractivity (Wildman–Crippen MR) is 114 cm³/mol. The molecule has 0 radical (unpaired) electrons. The van der Waals surface area contributed by atoms with Gasteiger partial charge in [0.15, 0.2) is 6.10 Å². The number of hydrogen-bond donors (Lipinski definition) is 1. The van der Waals surface area contributed by atoms with Crippen molar-refractivity contribution in [1.29, 1.82) is 0 Å². The van der Waals surface area contributed by atoms with Crippen molar-refractivity contribution in [3.63, 3.8) is 0 Å². The van der Waals surface area contributed by atoms with E-state index in [0.717, 1.165) is 11.7 Å². The van der Waals surface area contributed by atoms with Crippen LogP contribution in [0, 0.1) is 13.8 Å².